The maximum Gasteiger partial charge on any atom is 0.348 e. The number of alkyl halides is 2. The summed E-state index contributed by atoms with van der Waals surface area (Å²) in [6.07, 6.45) is 5.17. The van der Waals surface area contributed by atoms with Crippen molar-refractivity contribution < 1.29 is 38.1 Å². The molecular formula is C38H44I2N2O8. The second kappa shape index (κ2) is 16.5. The first-order chi connectivity index (χ1) is 24.0. The summed E-state index contributed by atoms with van der Waals surface area (Å²) in [4.78, 5) is 57.3. The molecule has 3 aliphatic rings. The van der Waals surface area contributed by atoms with Crippen LogP contribution in [0, 0.1) is 13.8 Å². The maximum atomic E-state index is 13.2. The lowest BCUT2D eigenvalue weighted by molar-refractivity contribution is -0.291. The van der Waals surface area contributed by atoms with E-state index in [-0.39, 0.29) is 36.8 Å². The summed E-state index contributed by atoms with van der Waals surface area (Å²) in [6.45, 7) is 11.7. The molecular weight excluding hydrogens is 866 g/mol. The van der Waals surface area contributed by atoms with Gasteiger partial charge in [0.2, 0.25) is 0 Å². The van der Waals surface area contributed by atoms with Crippen molar-refractivity contribution in [1.29, 1.82) is 0 Å². The van der Waals surface area contributed by atoms with Crippen LogP contribution in [0.25, 0.3) is 12.2 Å². The van der Waals surface area contributed by atoms with Gasteiger partial charge in [0.05, 0.1) is 0 Å². The number of hydrogen-bond donors (Lipinski definition) is 0. The van der Waals surface area contributed by atoms with E-state index in [1.54, 1.807) is 0 Å². The SMILES string of the molecule is CCN(CCCI)c1ccc(C=C2C(=O)OC3(CCC4(CC3)OC(=O)C(=Cc3ccc(N(CC)CCCI)cc3C)C(=O)O4)OC2=O)c(C)c1. The van der Waals surface area contributed by atoms with Crippen molar-refractivity contribution in [3.05, 3.63) is 69.8 Å². The van der Waals surface area contributed by atoms with Crippen molar-refractivity contribution in [2.24, 2.45) is 0 Å². The first-order valence-corrected chi connectivity index (χ1v) is 20.2. The van der Waals surface area contributed by atoms with E-state index in [0.29, 0.717) is 11.1 Å². The van der Waals surface area contributed by atoms with E-state index >= 15 is 0 Å². The molecule has 0 aromatic heterocycles. The van der Waals surface area contributed by atoms with Gasteiger partial charge in [0.1, 0.15) is 11.1 Å². The highest BCUT2D eigenvalue weighted by Crippen LogP contribution is 2.45. The van der Waals surface area contributed by atoms with E-state index in [0.717, 1.165) is 70.4 Å². The largest absolute Gasteiger partial charge is 0.419 e. The average molecular weight is 911 g/mol. The summed E-state index contributed by atoms with van der Waals surface area (Å²) in [5.41, 5.74) is 5.03. The van der Waals surface area contributed by atoms with E-state index in [1.165, 1.54) is 12.2 Å². The quantitative estimate of drug-likeness (QED) is 0.0711. The van der Waals surface area contributed by atoms with Crippen LogP contribution in [0.15, 0.2) is 47.5 Å². The molecule has 50 heavy (non-hydrogen) atoms. The van der Waals surface area contributed by atoms with Crippen molar-refractivity contribution in [2.75, 3.05) is 44.8 Å². The second-order valence-corrected chi connectivity index (χ2v) is 15.0. The number of halogens is 2. The van der Waals surface area contributed by atoms with Gasteiger partial charge in [-0.2, -0.15) is 0 Å². The van der Waals surface area contributed by atoms with Gasteiger partial charge in [-0.05, 0) is 99.2 Å². The summed E-state index contributed by atoms with van der Waals surface area (Å²) in [5, 5.41) is 0. The van der Waals surface area contributed by atoms with Crippen LogP contribution in [0.3, 0.4) is 0 Å². The number of ether oxygens (including phenoxy) is 4. The number of aryl methyl sites for hydroxylation is 2. The molecule has 0 N–H and O–H groups in total. The molecule has 0 amide bonds. The van der Waals surface area contributed by atoms with Gasteiger partial charge < -0.3 is 28.7 Å². The zero-order valence-electron chi connectivity index (χ0n) is 29.0. The Balaban J connectivity index is 1.23. The Hall–Kier alpha value is -3.14. The molecule has 2 aliphatic heterocycles. The van der Waals surface area contributed by atoms with Gasteiger partial charge in [0, 0.05) is 72.1 Å². The number of esters is 4. The third-order valence-electron chi connectivity index (χ3n) is 9.49. The van der Waals surface area contributed by atoms with Crippen molar-refractivity contribution >= 4 is 92.6 Å². The number of anilines is 2. The molecule has 1 aliphatic carbocycles. The normalized spacial score (nSPS) is 21.8. The van der Waals surface area contributed by atoms with Crippen LogP contribution in [-0.4, -0.2) is 70.5 Å². The molecule has 2 heterocycles. The molecule has 2 aromatic carbocycles. The third kappa shape index (κ3) is 8.48. The number of rotatable bonds is 12. The first-order valence-electron chi connectivity index (χ1n) is 17.2. The highest BCUT2D eigenvalue weighted by molar-refractivity contribution is 14.1. The lowest BCUT2D eigenvalue weighted by Gasteiger charge is -2.46. The van der Waals surface area contributed by atoms with Crippen molar-refractivity contribution in [3.8, 4) is 0 Å². The molecule has 10 nitrogen and oxygen atoms in total. The third-order valence-corrected chi connectivity index (χ3v) is 11.0. The number of nitrogens with zero attached hydrogens (tertiary/aromatic N) is 2. The lowest BCUT2D eigenvalue weighted by Crippen LogP contribution is -2.56. The Bertz CT molecular complexity index is 1530. The fraction of sp³-hybridized carbons (Fsp3) is 0.474. The number of carbonyl (C=O) groups excluding carboxylic acids is 4. The van der Waals surface area contributed by atoms with Gasteiger partial charge >= 0.3 is 23.9 Å². The highest BCUT2D eigenvalue weighted by Gasteiger charge is 2.56. The minimum Gasteiger partial charge on any atom is -0.419 e. The molecule has 0 bridgehead atoms. The van der Waals surface area contributed by atoms with E-state index in [1.807, 2.05) is 50.2 Å². The zero-order chi connectivity index (χ0) is 36.1. The van der Waals surface area contributed by atoms with Crippen molar-refractivity contribution in [2.45, 2.75) is 77.8 Å². The molecule has 5 rings (SSSR count). The summed E-state index contributed by atoms with van der Waals surface area (Å²) in [5.74, 6) is -6.20. The molecule has 0 atom stereocenters. The van der Waals surface area contributed by atoms with Gasteiger partial charge in [-0.1, -0.05) is 57.3 Å². The molecule has 12 heteroatoms. The predicted molar refractivity (Wildman–Crippen MR) is 209 cm³/mol. The molecule has 268 valence electrons. The van der Waals surface area contributed by atoms with Crippen LogP contribution >= 0.6 is 45.2 Å². The molecule has 1 saturated carbocycles. The summed E-state index contributed by atoms with van der Waals surface area (Å²) < 4.78 is 25.1. The minimum atomic E-state index is -1.53. The molecule has 0 unspecified atom stereocenters. The van der Waals surface area contributed by atoms with Crippen molar-refractivity contribution in [3.63, 3.8) is 0 Å². The lowest BCUT2D eigenvalue weighted by atomic mass is 9.87. The number of hydrogen-bond acceptors (Lipinski definition) is 10. The standard InChI is InChI=1S/C38H44I2N2O8/c1-5-41(19-7-17-39)29-11-9-27(25(3)21-29)23-31-33(43)47-37(48-34(31)44)13-15-38(16-14-37)49-35(45)32(36(46)50-38)24-28-10-12-30(22-26(28)4)42(6-2)20-8-18-40/h9-12,21-24H,5-8,13-20H2,1-4H3. The Morgan fingerprint density at radius 3 is 1.24 bits per heavy atom. The van der Waals surface area contributed by atoms with Crippen LogP contribution in [0.2, 0.25) is 0 Å². The van der Waals surface area contributed by atoms with Crippen molar-refractivity contribution in [1.82, 2.24) is 0 Å². The van der Waals surface area contributed by atoms with Gasteiger partial charge in [0.25, 0.3) is 11.6 Å². The van der Waals surface area contributed by atoms with Gasteiger partial charge in [0.15, 0.2) is 0 Å². The highest BCUT2D eigenvalue weighted by atomic mass is 127. The Morgan fingerprint density at radius 2 is 0.960 bits per heavy atom. The molecule has 2 saturated heterocycles. The fourth-order valence-corrected chi connectivity index (χ4v) is 7.23. The summed E-state index contributed by atoms with van der Waals surface area (Å²) >= 11 is 4.75. The fourth-order valence-electron chi connectivity index (χ4n) is 6.55. The molecule has 3 fully saturated rings. The van der Waals surface area contributed by atoms with Crippen LogP contribution in [0.1, 0.15) is 74.6 Å². The summed E-state index contributed by atoms with van der Waals surface area (Å²) in [7, 11) is 0. The van der Waals surface area contributed by atoms with Crippen LogP contribution in [0.4, 0.5) is 11.4 Å². The van der Waals surface area contributed by atoms with E-state index in [2.05, 4.69) is 68.8 Å². The minimum absolute atomic E-state index is 0.00122. The van der Waals surface area contributed by atoms with E-state index < -0.39 is 35.5 Å². The smallest absolute Gasteiger partial charge is 0.348 e. The average Bonchev–Trinajstić information content (AvgIpc) is 3.08. The van der Waals surface area contributed by atoms with E-state index in [9.17, 15) is 19.2 Å². The number of carbonyl (C=O) groups is 4. The first kappa shape index (κ1) is 38.1. The van der Waals surface area contributed by atoms with Crippen LogP contribution in [0.5, 0.6) is 0 Å². The predicted octanol–water partition coefficient (Wildman–Crippen LogP) is 7.24. The molecule has 0 radical (unpaired) electrons. The van der Waals surface area contributed by atoms with Gasteiger partial charge in [-0.3, -0.25) is 0 Å². The van der Waals surface area contributed by atoms with Gasteiger partial charge in [-0.15, -0.1) is 0 Å². The Morgan fingerprint density at radius 1 is 0.620 bits per heavy atom. The summed E-state index contributed by atoms with van der Waals surface area (Å²) in [6, 6.07) is 11.8. The van der Waals surface area contributed by atoms with Gasteiger partial charge in [-0.25, -0.2) is 19.2 Å². The zero-order valence-corrected chi connectivity index (χ0v) is 33.3. The Labute approximate surface area is 321 Å². The van der Waals surface area contributed by atoms with E-state index in [4.69, 9.17) is 18.9 Å². The maximum absolute atomic E-state index is 13.2. The Kier molecular flexibility index (Phi) is 12.5. The van der Waals surface area contributed by atoms with Crippen LogP contribution < -0.4 is 9.80 Å². The molecule has 2 spiro atoms. The number of benzene rings is 2. The molecule has 2 aromatic rings. The van der Waals surface area contributed by atoms with Crippen LogP contribution in [-0.2, 0) is 38.1 Å². The topological polar surface area (TPSA) is 112 Å². The second-order valence-electron chi connectivity index (χ2n) is 12.8. The monoisotopic (exact) mass is 910 g/mol.